The molecule has 1 aromatic rings. The fourth-order valence-electron chi connectivity index (χ4n) is 2.58. The maximum Gasteiger partial charge on any atom is 0.0299 e. The third-order valence-corrected chi connectivity index (χ3v) is 3.91. The molecule has 106 valence electrons. The van der Waals surface area contributed by atoms with E-state index >= 15 is 0 Å². The predicted molar refractivity (Wildman–Crippen MR) is 84.2 cm³/mol. The molecule has 1 rings (SSSR count). The minimum absolute atomic E-state index is 0.748. The first kappa shape index (κ1) is 15.9. The second-order valence-corrected chi connectivity index (χ2v) is 5.47. The van der Waals surface area contributed by atoms with Crippen LogP contribution in [0.2, 0.25) is 0 Å². The SMILES string of the molecule is C=C(CCCCc1cccnc1)C(CC)CCCC. The Kier molecular flexibility index (Phi) is 8.20. The largest absolute Gasteiger partial charge is 0.264 e. The lowest BCUT2D eigenvalue weighted by Gasteiger charge is -2.17. The van der Waals surface area contributed by atoms with Crippen LogP contribution < -0.4 is 0 Å². The smallest absolute Gasteiger partial charge is 0.0299 e. The first-order valence-corrected chi connectivity index (χ1v) is 7.84. The first-order valence-electron chi connectivity index (χ1n) is 7.84. The summed E-state index contributed by atoms with van der Waals surface area (Å²) in [7, 11) is 0. The summed E-state index contributed by atoms with van der Waals surface area (Å²) >= 11 is 0. The summed E-state index contributed by atoms with van der Waals surface area (Å²) < 4.78 is 0. The zero-order chi connectivity index (χ0) is 13.9. The summed E-state index contributed by atoms with van der Waals surface area (Å²) in [6.45, 7) is 8.87. The van der Waals surface area contributed by atoms with Gasteiger partial charge in [0.2, 0.25) is 0 Å². The quantitative estimate of drug-likeness (QED) is 0.395. The maximum atomic E-state index is 4.31. The average molecular weight is 259 g/mol. The van der Waals surface area contributed by atoms with Gasteiger partial charge >= 0.3 is 0 Å². The van der Waals surface area contributed by atoms with E-state index in [1.807, 2.05) is 18.5 Å². The molecule has 0 aromatic carbocycles. The fraction of sp³-hybridized carbons (Fsp3) is 0.611. The van der Waals surface area contributed by atoms with Crippen LogP contribution in [0.5, 0.6) is 0 Å². The molecule has 0 saturated carbocycles. The van der Waals surface area contributed by atoms with E-state index in [9.17, 15) is 0 Å². The van der Waals surface area contributed by atoms with Crippen molar-refractivity contribution in [3.63, 3.8) is 0 Å². The molecule has 1 heteroatoms. The Morgan fingerprint density at radius 1 is 1.26 bits per heavy atom. The van der Waals surface area contributed by atoms with Crippen molar-refractivity contribution in [1.29, 1.82) is 0 Å². The molecule has 0 aliphatic rings. The minimum Gasteiger partial charge on any atom is -0.264 e. The average Bonchev–Trinajstić information content (AvgIpc) is 2.45. The Bertz CT molecular complexity index is 342. The van der Waals surface area contributed by atoms with Crippen molar-refractivity contribution in [2.75, 3.05) is 0 Å². The highest BCUT2D eigenvalue weighted by atomic mass is 14.6. The Morgan fingerprint density at radius 2 is 2.11 bits per heavy atom. The van der Waals surface area contributed by atoms with Crippen LogP contribution in [0.1, 0.15) is 64.4 Å². The lowest BCUT2D eigenvalue weighted by atomic mass is 9.89. The molecule has 0 aliphatic heterocycles. The summed E-state index contributed by atoms with van der Waals surface area (Å²) in [6, 6.07) is 4.18. The zero-order valence-electron chi connectivity index (χ0n) is 12.7. The van der Waals surface area contributed by atoms with Gasteiger partial charge in [0.1, 0.15) is 0 Å². The molecule has 0 spiro atoms. The Hall–Kier alpha value is -1.11. The maximum absolute atomic E-state index is 4.31. The Balaban J connectivity index is 2.19. The van der Waals surface area contributed by atoms with Crippen molar-refractivity contribution in [1.82, 2.24) is 4.98 Å². The molecular formula is C18H29N. The molecule has 1 heterocycles. The molecule has 1 aromatic heterocycles. The monoisotopic (exact) mass is 259 g/mol. The lowest BCUT2D eigenvalue weighted by Crippen LogP contribution is -2.02. The number of allylic oxidation sites excluding steroid dienone is 1. The molecule has 0 N–H and O–H groups in total. The van der Waals surface area contributed by atoms with Gasteiger partial charge in [-0.3, -0.25) is 4.98 Å². The third-order valence-electron chi connectivity index (χ3n) is 3.91. The second kappa shape index (κ2) is 9.77. The topological polar surface area (TPSA) is 12.9 Å². The van der Waals surface area contributed by atoms with Crippen molar-refractivity contribution >= 4 is 0 Å². The molecule has 1 atom stereocenters. The number of hydrogen-bond acceptors (Lipinski definition) is 1. The number of aromatic nitrogens is 1. The van der Waals surface area contributed by atoms with Crippen molar-refractivity contribution in [2.24, 2.45) is 5.92 Å². The first-order chi connectivity index (χ1) is 9.27. The number of hydrogen-bond donors (Lipinski definition) is 0. The van der Waals surface area contributed by atoms with Crippen LogP contribution in [0.4, 0.5) is 0 Å². The van der Waals surface area contributed by atoms with Crippen molar-refractivity contribution in [3.05, 3.63) is 42.2 Å². The predicted octanol–water partition coefficient (Wildman–Crippen LogP) is 5.57. The molecule has 0 saturated heterocycles. The van der Waals surface area contributed by atoms with Gasteiger partial charge in [-0.05, 0) is 56.1 Å². The molecule has 0 radical (unpaired) electrons. The highest BCUT2D eigenvalue weighted by Gasteiger charge is 2.09. The van der Waals surface area contributed by atoms with E-state index in [1.165, 1.54) is 56.1 Å². The molecule has 0 fully saturated rings. The minimum atomic E-state index is 0.748. The number of unbranched alkanes of at least 4 members (excludes halogenated alkanes) is 2. The van der Waals surface area contributed by atoms with E-state index in [0.29, 0.717) is 0 Å². The van der Waals surface area contributed by atoms with Crippen LogP contribution in [0.3, 0.4) is 0 Å². The third kappa shape index (κ3) is 6.56. The summed E-state index contributed by atoms with van der Waals surface area (Å²) in [6.07, 6.45) is 13.9. The van der Waals surface area contributed by atoms with Gasteiger partial charge in [-0.15, -0.1) is 0 Å². The van der Waals surface area contributed by atoms with E-state index < -0.39 is 0 Å². The van der Waals surface area contributed by atoms with Crippen molar-refractivity contribution in [3.8, 4) is 0 Å². The molecule has 1 nitrogen and oxygen atoms in total. The van der Waals surface area contributed by atoms with Crippen LogP contribution in [0.15, 0.2) is 36.7 Å². The van der Waals surface area contributed by atoms with E-state index in [1.54, 1.807) is 0 Å². The highest BCUT2D eigenvalue weighted by Crippen LogP contribution is 2.24. The second-order valence-electron chi connectivity index (χ2n) is 5.47. The molecule has 19 heavy (non-hydrogen) atoms. The van der Waals surface area contributed by atoms with Crippen LogP contribution in [0, 0.1) is 5.92 Å². The van der Waals surface area contributed by atoms with Crippen molar-refractivity contribution < 1.29 is 0 Å². The van der Waals surface area contributed by atoms with E-state index in [4.69, 9.17) is 0 Å². The highest BCUT2D eigenvalue weighted by molar-refractivity contribution is 5.08. The Morgan fingerprint density at radius 3 is 2.74 bits per heavy atom. The van der Waals surface area contributed by atoms with Gasteiger partial charge in [-0.2, -0.15) is 0 Å². The van der Waals surface area contributed by atoms with Gasteiger partial charge in [0.25, 0.3) is 0 Å². The molecule has 0 amide bonds. The van der Waals surface area contributed by atoms with Crippen LogP contribution in [-0.2, 0) is 6.42 Å². The van der Waals surface area contributed by atoms with Crippen molar-refractivity contribution in [2.45, 2.75) is 65.2 Å². The normalized spacial score (nSPS) is 12.3. The van der Waals surface area contributed by atoms with Crippen LogP contribution in [0.25, 0.3) is 0 Å². The van der Waals surface area contributed by atoms with Gasteiger partial charge in [-0.25, -0.2) is 0 Å². The number of rotatable bonds is 10. The van der Waals surface area contributed by atoms with Gasteiger partial charge in [0.15, 0.2) is 0 Å². The number of nitrogens with zero attached hydrogens (tertiary/aromatic N) is 1. The van der Waals surface area contributed by atoms with E-state index in [0.717, 1.165) is 12.3 Å². The molecule has 0 aliphatic carbocycles. The van der Waals surface area contributed by atoms with Gasteiger partial charge in [-0.1, -0.05) is 44.9 Å². The standard InChI is InChI=1S/C18H29N/c1-4-6-13-18(5-2)16(3)10-7-8-11-17-12-9-14-19-15-17/h9,12,14-15,18H,3-8,10-11,13H2,1-2H3. The number of aryl methyl sites for hydroxylation is 1. The Labute approximate surface area is 119 Å². The summed E-state index contributed by atoms with van der Waals surface area (Å²) in [5.74, 6) is 0.748. The number of pyridine rings is 1. The summed E-state index contributed by atoms with van der Waals surface area (Å²) in [5, 5.41) is 0. The molecular weight excluding hydrogens is 230 g/mol. The lowest BCUT2D eigenvalue weighted by molar-refractivity contribution is 0.494. The molecule has 1 unspecified atom stereocenters. The van der Waals surface area contributed by atoms with E-state index in [2.05, 4.69) is 31.5 Å². The van der Waals surface area contributed by atoms with Crippen LogP contribution in [-0.4, -0.2) is 4.98 Å². The van der Waals surface area contributed by atoms with Gasteiger partial charge < -0.3 is 0 Å². The van der Waals surface area contributed by atoms with E-state index in [-0.39, 0.29) is 0 Å². The summed E-state index contributed by atoms with van der Waals surface area (Å²) in [4.78, 5) is 4.16. The van der Waals surface area contributed by atoms with Gasteiger partial charge in [0, 0.05) is 12.4 Å². The summed E-state index contributed by atoms with van der Waals surface area (Å²) in [5.41, 5.74) is 2.83. The van der Waals surface area contributed by atoms with Crippen LogP contribution >= 0.6 is 0 Å². The zero-order valence-corrected chi connectivity index (χ0v) is 12.7. The fourth-order valence-corrected chi connectivity index (χ4v) is 2.58. The van der Waals surface area contributed by atoms with Gasteiger partial charge in [0.05, 0.1) is 0 Å². The molecule has 0 bridgehead atoms.